The van der Waals surface area contributed by atoms with Gasteiger partial charge in [0.25, 0.3) is 0 Å². The monoisotopic (exact) mass is 345 g/mol. The van der Waals surface area contributed by atoms with Gasteiger partial charge in [-0.15, -0.1) is 11.8 Å². The van der Waals surface area contributed by atoms with Gasteiger partial charge in [0, 0.05) is 23.1 Å². The first-order chi connectivity index (χ1) is 12.2. The molecule has 25 heavy (non-hydrogen) atoms. The molecule has 1 unspecified atom stereocenters. The van der Waals surface area contributed by atoms with Crippen LogP contribution in [0.15, 0.2) is 89.8 Å². The predicted octanol–water partition coefficient (Wildman–Crippen LogP) is 5.09. The van der Waals surface area contributed by atoms with Crippen LogP contribution in [0.5, 0.6) is 0 Å². The molecule has 0 aliphatic carbocycles. The molecule has 1 heterocycles. The molecule has 3 heteroatoms. The fraction of sp³-hybridized carbons (Fsp3) is 0.136. The van der Waals surface area contributed by atoms with Gasteiger partial charge in [-0.25, -0.2) is 0 Å². The van der Waals surface area contributed by atoms with Gasteiger partial charge in [-0.05, 0) is 23.8 Å². The second-order valence-electron chi connectivity index (χ2n) is 6.20. The molecule has 2 nitrogen and oxygen atoms in total. The molecule has 4 rings (SSSR count). The van der Waals surface area contributed by atoms with E-state index in [0.29, 0.717) is 0 Å². The molecule has 3 aromatic rings. The fourth-order valence-electron chi connectivity index (χ4n) is 3.66. The van der Waals surface area contributed by atoms with Crippen molar-refractivity contribution in [3.05, 3.63) is 96.1 Å². The molecule has 3 aromatic carbocycles. The summed E-state index contributed by atoms with van der Waals surface area (Å²) in [5, 5.41) is 0. The minimum Gasteiger partial charge on any atom is -0.297 e. The molecule has 1 amide bonds. The van der Waals surface area contributed by atoms with E-state index >= 15 is 0 Å². The third-order valence-electron chi connectivity index (χ3n) is 4.73. The molecule has 0 N–H and O–H groups in total. The zero-order chi connectivity index (χ0) is 17.3. The van der Waals surface area contributed by atoms with E-state index in [1.807, 2.05) is 41.3 Å². The Balaban J connectivity index is 1.81. The maximum absolute atomic E-state index is 12.5. The lowest BCUT2D eigenvalue weighted by Gasteiger charge is -2.54. The number of nitrogens with zero attached hydrogens (tertiary/aromatic N) is 1. The van der Waals surface area contributed by atoms with Gasteiger partial charge in [0.05, 0.1) is 5.69 Å². The highest BCUT2D eigenvalue weighted by Crippen LogP contribution is 2.54. The molecule has 0 spiro atoms. The lowest BCUT2D eigenvalue weighted by Crippen LogP contribution is -2.59. The number of fused-ring (bicyclic) bond motifs is 1. The van der Waals surface area contributed by atoms with Crippen LogP contribution in [0, 0.1) is 0 Å². The van der Waals surface area contributed by atoms with Crippen LogP contribution in [-0.2, 0) is 10.3 Å². The van der Waals surface area contributed by atoms with Gasteiger partial charge in [-0.3, -0.25) is 9.69 Å². The molecule has 1 aliphatic rings. The van der Waals surface area contributed by atoms with Crippen LogP contribution in [0.1, 0.15) is 18.1 Å². The smallest absolute Gasteiger partial charge is 0.224 e. The van der Waals surface area contributed by atoms with Crippen LogP contribution >= 0.6 is 11.8 Å². The number of amides is 1. The van der Waals surface area contributed by atoms with Gasteiger partial charge in [0.2, 0.25) is 5.91 Å². The fourth-order valence-corrected chi connectivity index (χ4v) is 4.83. The number of rotatable bonds is 4. The number of thioether (sulfide) groups is 1. The Morgan fingerprint density at radius 3 is 2.16 bits per heavy atom. The Bertz CT molecular complexity index is 894. The van der Waals surface area contributed by atoms with Gasteiger partial charge in [-0.2, -0.15) is 0 Å². The quantitative estimate of drug-likeness (QED) is 0.614. The van der Waals surface area contributed by atoms with Crippen molar-refractivity contribution < 1.29 is 4.79 Å². The normalized spacial score (nSPS) is 18.4. The molecule has 0 bridgehead atoms. The average molecular weight is 345 g/mol. The number of carbonyl (C=O) groups is 1. The summed E-state index contributed by atoms with van der Waals surface area (Å²) in [7, 11) is 0. The maximum atomic E-state index is 12.5. The largest absolute Gasteiger partial charge is 0.297 e. The third-order valence-corrected chi connectivity index (χ3v) is 5.90. The first-order valence-electron chi connectivity index (χ1n) is 8.37. The predicted molar refractivity (Wildman–Crippen MR) is 104 cm³/mol. The lowest BCUT2D eigenvalue weighted by molar-refractivity contribution is -0.118. The SMILES string of the molecule is CC(=O)N1c2ccccc2C1(CSc1ccccc1)c1ccccc1. The molecule has 124 valence electrons. The summed E-state index contributed by atoms with van der Waals surface area (Å²) in [5.41, 5.74) is 2.99. The number of benzene rings is 3. The van der Waals surface area contributed by atoms with Gasteiger partial charge in [0.1, 0.15) is 5.54 Å². The number of hydrogen-bond donors (Lipinski definition) is 0. The Labute approximate surface area is 152 Å². The van der Waals surface area contributed by atoms with E-state index in [4.69, 9.17) is 0 Å². The first-order valence-corrected chi connectivity index (χ1v) is 9.36. The maximum Gasteiger partial charge on any atom is 0.224 e. The highest BCUT2D eigenvalue weighted by molar-refractivity contribution is 7.99. The van der Waals surface area contributed by atoms with Gasteiger partial charge in [-0.1, -0.05) is 66.7 Å². The third kappa shape index (κ3) is 2.56. The number of para-hydroxylation sites is 1. The Morgan fingerprint density at radius 2 is 1.48 bits per heavy atom. The second-order valence-corrected chi connectivity index (χ2v) is 7.25. The lowest BCUT2D eigenvalue weighted by atomic mass is 9.74. The molecule has 1 atom stereocenters. The Hall–Kier alpha value is -2.52. The molecule has 0 radical (unpaired) electrons. The molecular formula is C22H19NOS. The van der Waals surface area contributed by atoms with Crippen molar-refractivity contribution in [3.8, 4) is 0 Å². The van der Waals surface area contributed by atoms with Crippen LogP contribution in [0.3, 0.4) is 0 Å². The van der Waals surface area contributed by atoms with Crippen molar-refractivity contribution in [2.75, 3.05) is 10.7 Å². The Kier molecular flexibility index (Phi) is 4.10. The van der Waals surface area contributed by atoms with Crippen molar-refractivity contribution in [3.63, 3.8) is 0 Å². The van der Waals surface area contributed by atoms with E-state index in [1.165, 1.54) is 10.5 Å². The summed E-state index contributed by atoms with van der Waals surface area (Å²) in [4.78, 5) is 15.7. The summed E-state index contributed by atoms with van der Waals surface area (Å²) in [5.74, 6) is 0.869. The van der Waals surface area contributed by atoms with Crippen LogP contribution < -0.4 is 4.90 Å². The Morgan fingerprint density at radius 1 is 0.880 bits per heavy atom. The second kappa shape index (κ2) is 6.41. The van der Waals surface area contributed by atoms with E-state index in [-0.39, 0.29) is 5.91 Å². The summed E-state index contributed by atoms with van der Waals surface area (Å²) < 4.78 is 0. The van der Waals surface area contributed by atoms with Gasteiger partial charge in [0.15, 0.2) is 0 Å². The summed E-state index contributed by atoms with van der Waals surface area (Å²) in [6, 6.07) is 28.9. The standard InChI is InChI=1S/C22H19NOS/c1-17(24)23-21-15-9-8-14-20(21)22(23,18-10-4-2-5-11-18)16-25-19-12-6-3-7-13-19/h2-15H,16H2,1H3. The zero-order valence-corrected chi connectivity index (χ0v) is 14.9. The number of hydrogen-bond acceptors (Lipinski definition) is 2. The molecule has 0 aromatic heterocycles. The minimum absolute atomic E-state index is 0.0798. The number of carbonyl (C=O) groups excluding carboxylic acids is 1. The average Bonchev–Trinajstić information content (AvgIpc) is 2.64. The summed E-state index contributed by atoms with van der Waals surface area (Å²) in [6.07, 6.45) is 0. The zero-order valence-electron chi connectivity index (χ0n) is 14.1. The summed E-state index contributed by atoms with van der Waals surface area (Å²) in [6.45, 7) is 1.65. The van der Waals surface area contributed by atoms with Crippen LogP contribution in [0.25, 0.3) is 0 Å². The van der Waals surface area contributed by atoms with E-state index in [2.05, 4.69) is 48.5 Å². The van der Waals surface area contributed by atoms with Gasteiger partial charge < -0.3 is 0 Å². The van der Waals surface area contributed by atoms with Crippen molar-refractivity contribution in [1.29, 1.82) is 0 Å². The van der Waals surface area contributed by atoms with Crippen LogP contribution in [0.2, 0.25) is 0 Å². The molecule has 0 saturated carbocycles. The van der Waals surface area contributed by atoms with E-state index in [0.717, 1.165) is 17.0 Å². The molecule has 0 saturated heterocycles. The van der Waals surface area contributed by atoms with E-state index < -0.39 is 5.54 Å². The van der Waals surface area contributed by atoms with Gasteiger partial charge >= 0.3 is 0 Å². The van der Waals surface area contributed by atoms with Crippen molar-refractivity contribution in [2.45, 2.75) is 17.4 Å². The number of anilines is 1. The highest BCUT2D eigenvalue weighted by atomic mass is 32.2. The summed E-state index contributed by atoms with van der Waals surface area (Å²) >= 11 is 1.79. The molecule has 0 fully saturated rings. The molecular weight excluding hydrogens is 326 g/mol. The van der Waals surface area contributed by atoms with Crippen LogP contribution in [0.4, 0.5) is 5.69 Å². The van der Waals surface area contributed by atoms with Crippen molar-refractivity contribution >= 4 is 23.4 Å². The van der Waals surface area contributed by atoms with E-state index in [9.17, 15) is 4.79 Å². The van der Waals surface area contributed by atoms with Crippen molar-refractivity contribution in [2.24, 2.45) is 0 Å². The van der Waals surface area contributed by atoms with Crippen LogP contribution in [-0.4, -0.2) is 11.7 Å². The van der Waals surface area contributed by atoms with E-state index in [1.54, 1.807) is 18.7 Å². The topological polar surface area (TPSA) is 20.3 Å². The highest BCUT2D eigenvalue weighted by Gasteiger charge is 2.52. The van der Waals surface area contributed by atoms with Crippen molar-refractivity contribution in [1.82, 2.24) is 0 Å². The first kappa shape index (κ1) is 16.0. The molecule has 1 aliphatic heterocycles. The minimum atomic E-state index is -0.413.